The van der Waals surface area contributed by atoms with E-state index in [1.54, 1.807) is 19.1 Å². The van der Waals surface area contributed by atoms with Crippen molar-refractivity contribution in [3.63, 3.8) is 0 Å². The van der Waals surface area contributed by atoms with Gasteiger partial charge in [-0.15, -0.1) is 0 Å². The smallest absolute Gasteiger partial charge is 0.328 e. The summed E-state index contributed by atoms with van der Waals surface area (Å²) in [5.74, 6) is -0.437. The third kappa shape index (κ3) is 3.19. The van der Waals surface area contributed by atoms with Gasteiger partial charge in [-0.3, -0.25) is 10.1 Å². The highest BCUT2D eigenvalue weighted by Crippen LogP contribution is 2.26. The molecule has 0 spiro atoms. The number of hydrogen-bond acceptors (Lipinski definition) is 5. The first-order valence-electron chi connectivity index (χ1n) is 5.59. The van der Waals surface area contributed by atoms with Gasteiger partial charge < -0.3 is 10.1 Å². The van der Waals surface area contributed by atoms with Gasteiger partial charge in [-0.05, 0) is 25.0 Å². The molecule has 1 unspecified atom stereocenters. The molecule has 0 aliphatic heterocycles. The number of rotatable bonds is 5. The first-order chi connectivity index (χ1) is 8.49. The van der Waals surface area contributed by atoms with E-state index in [1.807, 2.05) is 6.92 Å². The summed E-state index contributed by atoms with van der Waals surface area (Å²) in [6.45, 7) is 3.63. The number of nitro groups is 1. The van der Waals surface area contributed by atoms with Gasteiger partial charge in [0.15, 0.2) is 0 Å². The lowest BCUT2D eigenvalue weighted by atomic mass is 10.1. The van der Waals surface area contributed by atoms with E-state index in [9.17, 15) is 14.9 Å². The van der Waals surface area contributed by atoms with Gasteiger partial charge in [0.1, 0.15) is 11.7 Å². The SMILES string of the molecule is CCC(Nc1cc(C)ccc1[N+](=O)[O-])C(=O)OC. The molecule has 1 N–H and O–H groups in total. The number of anilines is 1. The Balaban J connectivity index is 3.04. The molecule has 1 rings (SSSR count). The number of hydrogen-bond donors (Lipinski definition) is 1. The topological polar surface area (TPSA) is 81.5 Å². The molecule has 0 saturated heterocycles. The Bertz CT molecular complexity index is 459. The van der Waals surface area contributed by atoms with Gasteiger partial charge in [-0.25, -0.2) is 4.79 Å². The standard InChI is InChI=1S/C12H16N2O4/c1-4-9(12(15)18-3)13-10-7-8(2)5-6-11(10)14(16)17/h5-7,9,13H,4H2,1-3H3. The number of nitro benzene ring substituents is 1. The van der Waals surface area contributed by atoms with Crippen molar-refractivity contribution in [2.24, 2.45) is 0 Å². The van der Waals surface area contributed by atoms with Gasteiger partial charge in [0, 0.05) is 6.07 Å². The fourth-order valence-corrected chi connectivity index (χ4v) is 1.58. The predicted molar refractivity (Wildman–Crippen MR) is 67.6 cm³/mol. The van der Waals surface area contributed by atoms with E-state index in [-0.39, 0.29) is 5.69 Å². The van der Waals surface area contributed by atoms with Crippen LogP contribution in [-0.4, -0.2) is 24.0 Å². The minimum absolute atomic E-state index is 0.0528. The maximum atomic E-state index is 11.5. The minimum Gasteiger partial charge on any atom is -0.467 e. The van der Waals surface area contributed by atoms with Crippen LogP contribution in [0.3, 0.4) is 0 Å². The summed E-state index contributed by atoms with van der Waals surface area (Å²) in [4.78, 5) is 21.9. The van der Waals surface area contributed by atoms with E-state index >= 15 is 0 Å². The van der Waals surface area contributed by atoms with Crippen molar-refractivity contribution in [2.45, 2.75) is 26.3 Å². The molecular weight excluding hydrogens is 236 g/mol. The molecule has 6 heteroatoms. The third-order valence-electron chi connectivity index (χ3n) is 2.57. The van der Waals surface area contributed by atoms with Gasteiger partial charge in [0.05, 0.1) is 12.0 Å². The lowest BCUT2D eigenvalue weighted by Gasteiger charge is -2.16. The molecule has 1 aromatic rings. The maximum absolute atomic E-state index is 11.5. The normalized spacial score (nSPS) is 11.7. The number of nitrogens with one attached hydrogen (secondary N) is 1. The second-order valence-electron chi connectivity index (χ2n) is 3.91. The number of esters is 1. The summed E-state index contributed by atoms with van der Waals surface area (Å²) in [5, 5.41) is 13.7. The molecule has 0 amide bonds. The van der Waals surface area contributed by atoms with Crippen LogP contribution in [0.4, 0.5) is 11.4 Å². The van der Waals surface area contributed by atoms with E-state index in [1.165, 1.54) is 13.2 Å². The largest absolute Gasteiger partial charge is 0.467 e. The van der Waals surface area contributed by atoms with Gasteiger partial charge in [0.2, 0.25) is 0 Å². The van der Waals surface area contributed by atoms with Crippen molar-refractivity contribution in [1.82, 2.24) is 0 Å². The fraction of sp³-hybridized carbons (Fsp3) is 0.417. The Morgan fingerprint density at radius 3 is 2.72 bits per heavy atom. The average molecular weight is 252 g/mol. The van der Waals surface area contributed by atoms with Crippen molar-refractivity contribution in [1.29, 1.82) is 0 Å². The molecular formula is C12H16N2O4. The molecule has 1 aromatic carbocycles. The molecule has 0 bridgehead atoms. The zero-order valence-electron chi connectivity index (χ0n) is 10.6. The van der Waals surface area contributed by atoms with Crippen molar-refractivity contribution >= 4 is 17.3 Å². The zero-order valence-corrected chi connectivity index (χ0v) is 10.6. The lowest BCUT2D eigenvalue weighted by Crippen LogP contribution is -2.30. The molecule has 1 atom stereocenters. The second kappa shape index (κ2) is 6.00. The number of carbonyl (C=O) groups is 1. The van der Waals surface area contributed by atoms with Crippen LogP contribution in [0.2, 0.25) is 0 Å². The number of benzene rings is 1. The van der Waals surface area contributed by atoms with Crippen molar-refractivity contribution in [3.8, 4) is 0 Å². The highest BCUT2D eigenvalue weighted by Gasteiger charge is 2.21. The molecule has 0 saturated carbocycles. The van der Waals surface area contributed by atoms with Crippen LogP contribution >= 0.6 is 0 Å². The lowest BCUT2D eigenvalue weighted by molar-refractivity contribution is -0.384. The second-order valence-corrected chi connectivity index (χ2v) is 3.91. The van der Waals surface area contributed by atoms with Crippen LogP contribution in [0.25, 0.3) is 0 Å². The predicted octanol–water partition coefficient (Wildman–Crippen LogP) is 2.27. The molecule has 0 heterocycles. The summed E-state index contributed by atoms with van der Waals surface area (Å²) in [6, 6.07) is 4.13. The van der Waals surface area contributed by atoms with Crippen LogP contribution in [0.5, 0.6) is 0 Å². The molecule has 0 fully saturated rings. The Hall–Kier alpha value is -2.11. The molecule has 0 aliphatic rings. The molecule has 0 radical (unpaired) electrons. The number of ether oxygens (including phenoxy) is 1. The third-order valence-corrected chi connectivity index (χ3v) is 2.57. The van der Waals surface area contributed by atoms with Crippen molar-refractivity contribution in [3.05, 3.63) is 33.9 Å². The number of methoxy groups -OCH3 is 1. The molecule has 0 aliphatic carbocycles. The summed E-state index contributed by atoms with van der Waals surface area (Å²) in [7, 11) is 1.29. The molecule has 0 aromatic heterocycles. The first-order valence-corrected chi connectivity index (χ1v) is 5.59. The van der Waals surface area contributed by atoms with Gasteiger partial charge in [-0.1, -0.05) is 13.0 Å². The van der Waals surface area contributed by atoms with Crippen LogP contribution in [0.15, 0.2) is 18.2 Å². The Labute approximate surface area is 105 Å². The minimum atomic E-state index is -0.588. The first kappa shape index (κ1) is 14.0. The summed E-state index contributed by atoms with van der Waals surface area (Å²) < 4.78 is 4.63. The van der Waals surface area contributed by atoms with E-state index in [0.29, 0.717) is 12.1 Å². The number of carbonyl (C=O) groups excluding carboxylic acids is 1. The Kier molecular flexibility index (Phi) is 4.65. The number of aryl methyl sites for hydroxylation is 1. The quantitative estimate of drug-likeness (QED) is 0.494. The summed E-state index contributed by atoms with van der Waals surface area (Å²) in [6.07, 6.45) is 0.484. The average Bonchev–Trinajstić information content (AvgIpc) is 2.34. The van der Waals surface area contributed by atoms with E-state index < -0.39 is 16.9 Å². The summed E-state index contributed by atoms with van der Waals surface area (Å²) in [5.41, 5.74) is 1.16. The zero-order chi connectivity index (χ0) is 13.7. The van der Waals surface area contributed by atoms with Gasteiger partial charge in [-0.2, -0.15) is 0 Å². The van der Waals surface area contributed by atoms with E-state index in [4.69, 9.17) is 0 Å². The maximum Gasteiger partial charge on any atom is 0.328 e. The highest BCUT2D eigenvalue weighted by molar-refractivity contribution is 5.80. The van der Waals surface area contributed by atoms with Crippen molar-refractivity contribution in [2.75, 3.05) is 12.4 Å². The van der Waals surface area contributed by atoms with Crippen LogP contribution in [0.1, 0.15) is 18.9 Å². The molecule has 18 heavy (non-hydrogen) atoms. The van der Waals surface area contributed by atoms with E-state index in [2.05, 4.69) is 10.1 Å². The van der Waals surface area contributed by atoms with Crippen molar-refractivity contribution < 1.29 is 14.5 Å². The molecule has 6 nitrogen and oxygen atoms in total. The molecule has 98 valence electrons. The van der Waals surface area contributed by atoms with Gasteiger partial charge in [0.25, 0.3) is 5.69 Å². The highest BCUT2D eigenvalue weighted by atomic mass is 16.6. The number of nitrogens with zero attached hydrogens (tertiary/aromatic N) is 1. The van der Waals surface area contributed by atoms with Crippen LogP contribution < -0.4 is 5.32 Å². The van der Waals surface area contributed by atoms with Crippen LogP contribution in [-0.2, 0) is 9.53 Å². The monoisotopic (exact) mass is 252 g/mol. The van der Waals surface area contributed by atoms with Crippen LogP contribution in [0, 0.1) is 17.0 Å². The Morgan fingerprint density at radius 2 is 2.22 bits per heavy atom. The summed E-state index contributed by atoms with van der Waals surface area (Å²) >= 11 is 0. The van der Waals surface area contributed by atoms with Gasteiger partial charge >= 0.3 is 5.97 Å². The fourth-order valence-electron chi connectivity index (χ4n) is 1.58. The Morgan fingerprint density at radius 1 is 1.56 bits per heavy atom. The van der Waals surface area contributed by atoms with E-state index in [0.717, 1.165) is 5.56 Å².